The van der Waals surface area contributed by atoms with Gasteiger partial charge in [0.2, 0.25) is 0 Å². The van der Waals surface area contributed by atoms with E-state index >= 15 is 0 Å². The number of hydrogen-bond acceptors (Lipinski definition) is 3. The summed E-state index contributed by atoms with van der Waals surface area (Å²) in [5.41, 5.74) is 0.789. The van der Waals surface area contributed by atoms with Gasteiger partial charge in [-0.05, 0) is 37.7 Å². The Morgan fingerprint density at radius 1 is 1.33 bits per heavy atom. The molecule has 1 atom stereocenters. The Kier molecular flexibility index (Phi) is 5.71. The van der Waals surface area contributed by atoms with E-state index in [0.717, 1.165) is 23.6 Å². The number of benzene rings is 1. The lowest BCUT2D eigenvalue weighted by Gasteiger charge is -2.17. The summed E-state index contributed by atoms with van der Waals surface area (Å²) >= 11 is 5.25. The number of rotatable bonds is 5. The third-order valence-electron chi connectivity index (χ3n) is 2.64. The van der Waals surface area contributed by atoms with Crippen molar-refractivity contribution in [1.82, 2.24) is 5.32 Å². The second-order valence-corrected chi connectivity index (χ2v) is 4.38. The molecule has 0 aromatic heterocycles. The van der Waals surface area contributed by atoms with Gasteiger partial charge in [-0.2, -0.15) is 0 Å². The van der Waals surface area contributed by atoms with Crippen LogP contribution < -0.4 is 20.1 Å². The van der Waals surface area contributed by atoms with Gasteiger partial charge in [-0.3, -0.25) is 0 Å². The van der Waals surface area contributed by atoms with Crippen LogP contribution in [0.15, 0.2) is 18.2 Å². The molecular weight excluding hydrogens is 248 g/mol. The Bertz CT molecular complexity index is 410. The van der Waals surface area contributed by atoms with E-state index in [9.17, 15) is 0 Å². The average molecular weight is 268 g/mol. The molecule has 0 aliphatic carbocycles. The lowest BCUT2D eigenvalue weighted by molar-refractivity contribution is 0.405. The second-order valence-electron chi connectivity index (χ2n) is 3.97. The van der Waals surface area contributed by atoms with Crippen LogP contribution in [0.5, 0.6) is 11.5 Å². The average Bonchev–Trinajstić information content (AvgIpc) is 2.38. The van der Waals surface area contributed by atoms with Crippen molar-refractivity contribution in [3.8, 4) is 11.5 Å². The smallest absolute Gasteiger partial charge is 0.171 e. The van der Waals surface area contributed by atoms with Gasteiger partial charge in [0.05, 0.1) is 19.9 Å². The first kappa shape index (κ1) is 14.6. The maximum Gasteiger partial charge on any atom is 0.171 e. The number of ether oxygens (including phenoxy) is 2. The van der Waals surface area contributed by atoms with Crippen LogP contribution in [0.4, 0.5) is 5.69 Å². The minimum atomic E-state index is 0.335. The third-order valence-corrected chi connectivity index (χ3v) is 2.86. The number of thiocarbonyl (C=S) groups is 1. The minimum Gasteiger partial charge on any atom is -0.497 e. The molecule has 0 bridgehead atoms. The van der Waals surface area contributed by atoms with Gasteiger partial charge in [-0.15, -0.1) is 0 Å². The molecule has 100 valence electrons. The molecule has 5 heteroatoms. The maximum atomic E-state index is 5.27. The summed E-state index contributed by atoms with van der Waals surface area (Å²) in [7, 11) is 3.25. The van der Waals surface area contributed by atoms with Crippen molar-refractivity contribution in [1.29, 1.82) is 0 Å². The van der Waals surface area contributed by atoms with Crippen LogP contribution in [0, 0.1) is 0 Å². The Morgan fingerprint density at radius 2 is 2.06 bits per heavy atom. The molecule has 1 aromatic rings. The van der Waals surface area contributed by atoms with Gasteiger partial charge >= 0.3 is 0 Å². The highest BCUT2D eigenvalue weighted by atomic mass is 32.1. The standard InChI is InChI=1S/C13H20N2O2S/c1-5-9(2)14-13(18)15-11-8-10(16-3)6-7-12(11)17-4/h6-9H,5H2,1-4H3,(H2,14,15,18). The van der Waals surface area contributed by atoms with E-state index in [1.165, 1.54) is 0 Å². The summed E-state index contributed by atoms with van der Waals surface area (Å²) in [6, 6.07) is 5.87. The maximum absolute atomic E-state index is 5.27. The van der Waals surface area contributed by atoms with E-state index in [4.69, 9.17) is 21.7 Å². The zero-order chi connectivity index (χ0) is 13.5. The van der Waals surface area contributed by atoms with Gasteiger partial charge < -0.3 is 20.1 Å². The van der Waals surface area contributed by atoms with Crippen molar-refractivity contribution in [2.75, 3.05) is 19.5 Å². The van der Waals surface area contributed by atoms with Crippen LogP contribution in [0.2, 0.25) is 0 Å². The van der Waals surface area contributed by atoms with Gasteiger partial charge in [-0.25, -0.2) is 0 Å². The fourth-order valence-electron chi connectivity index (χ4n) is 1.40. The van der Waals surface area contributed by atoms with Crippen molar-refractivity contribution in [2.24, 2.45) is 0 Å². The van der Waals surface area contributed by atoms with Gasteiger partial charge in [0, 0.05) is 12.1 Å². The highest BCUT2D eigenvalue weighted by Crippen LogP contribution is 2.28. The van der Waals surface area contributed by atoms with E-state index < -0.39 is 0 Å². The lowest BCUT2D eigenvalue weighted by atomic mass is 10.2. The zero-order valence-electron chi connectivity index (χ0n) is 11.2. The molecule has 1 rings (SSSR count). The Labute approximate surface area is 114 Å². The van der Waals surface area contributed by atoms with E-state index in [-0.39, 0.29) is 0 Å². The molecule has 0 fully saturated rings. The minimum absolute atomic E-state index is 0.335. The summed E-state index contributed by atoms with van der Waals surface area (Å²) in [6.07, 6.45) is 1.01. The normalized spacial score (nSPS) is 11.6. The number of methoxy groups -OCH3 is 2. The third kappa shape index (κ3) is 4.07. The molecule has 0 radical (unpaired) electrons. The Morgan fingerprint density at radius 3 is 2.61 bits per heavy atom. The van der Waals surface area contributed by atoms with Crippen molar-refractivity contribution >= 4 is 23.0 Å². The predicted octanol–water partition coefficient (Wildman–Crippen LogP) is 2.79. The fourth-order valence-corrected chi connectivity index (χ4v) is 1.71. The molecule has 1 aromatic carbocycles. The van der Waals surface area contributed by atoms with Gasteiger partial charge in [0.15, 0.2) is 5.11 Å². The molecule has 0 amide bonds. The second kappa shape index (κ2) is 7.06. The van der Waals surface area contributed by atoms with Crippen molar-refractivity contribution in [2.45, 2.75) is 26.3 Å². The molecule has 0 aliphatic rings. The topological polar surface area (TPSA) is 42.5 Å². The highest BCUT2D eigenvalue weighted by molar-refractivity contribution is 7.80. The summed E-state index contributed by atoms with van der Waals surface area (Å²) in [6.45, 7) is 4.18. The van der Waals surface area contributed by atoms with Crippen LogP contribution in [0.1, 0.15) is 20.3 Å². The van der Waals surface area contributed by atoms with Crippen LogP contribution in [0.3, 0.4) is 0 Å². The number of anilines is 1. The first-order chi connectivity index (χ1) is 8.60. The Hall–Kier alpha value is -1.49. The summed E-state index contributed by atoms with van der Waals surface area (Å²) < 4.78 is 10.5. The highest BCUT2D eigenvalue weighted by Gasteiger charge is 2.08. The molecule has 0 heterocycles. The van der Waals surface area contributed by atoms with Crippen molar-refractivity contribution < 1.29 is 9.47 Å². The first-order valence-electron chi connectivity index (χ1n) is 5.90. The largest absolute Gasteiger partial charge is 0.497 e. The quantitative estimate of drug-likeness (QED) is 0.804. The molecule has 0 aliphatic heterocycles. The van der Waals surface area contributed by atoms with Gasteiger partial charge in [0.1, 0.15) is 11.5 Å². The molecule has 18 heavy (non-hydrogen) atoms. The molecule has 0 saturated heterocycles. The van der Waals surface area contributed by atoms with E-state index in [1.54, 1.807) is 14.2 Å². The molecule has 1 unspecified atom stereocenters. The van der Waals surface area contributed by atoms with Crippen LogP contribution >= 0.6 is 12.2 Å². The summed E-state index contributed by atoms with van der Waals surface area (Å²) in [4.78, 5) is 0. The summed E-state index contributed by atoms with van der Waals surface area (Å²) in [5.74, 6) is 1.48. The molecule has 0 spiro atoms. The van der Waals surface area contributed by atoms with Crippen molar-refractivity contribution in [3.05, 3.63) is 18.2 Å². The first-order valence-corrected chi connectivity index (χ1v) is 6.31. The lowest BCUT2D eigenvalue weighted by Crippen LogP contribution is -2.35. The van der Waals surface area contributed by atoms with Gasteiger partial charge in [-0.1, -0.05) is 6.92 Å². The number of nitrogens with one attached hydrogen (secondary N) is 2. The van der Waals surface area contributed by atoms with Crippen LogP contribution in [0.25, 0.3) is 0 Å². The molecule has 2 N–H and O–H groups in total. The predicted molar refractivity (Wildman–Crippen MR) is 78.7 cm³/mol. The summed E-state index contributed by atoms with van der Waals surface area (Å²) in [5, 5.41) is 6.89. The zero-order valence-corrected chi connectivity index (χ0v) is 12.1. The SMILES string of the molecule is CCC(C)NC(=S)Nc1cc(OC)ccc1OC. The Balaban J connectivity index is 2.78. The molecular formula is C13H20N2O2S. The van der Waals surface area contributed by atoms with Crippen molar-refractivity contribution in [3.63, 3.8) is 0 Å². The number of hydrogen-bond donors (Lipinski definition) is 2. The van der Waals surface area contributed by atoms with E-state index in [0.29, 0.717) is 11.2 Å². The monoisotopic (exact) mass is 268 g/mol. The molecule has 0 saturated carbocycles. The van der Waals surface area contributed by atoms with E-state index in [2.05, 4.69) is 24.5 Å². The van der Waals surface area contributed by atoms with Crippen LogP contribution in [-0.4, -0.2) is 25.4 Å². The van der Waals surface area contributed by atoms with Crippen LogP contribution in [-0.2, 0) is 0 Å². The fraction of sp³-hybridized carbons (Fsp3) is 0.462. The van der Waals surface area contributed by atoms with E-state index in [1.807, 2.05) is 18.2 Å². The van der Waals surface area contributed by atoms with Gasteiger partial charge in [0.25, 0.3) is 0 Å². The molecule has 4 nitrogen and oxygen atoms in total.